The third-order valence-corrected chi connectivity index (χ3v) is 4.63. The van der Waals surface area contributed by atoms with Crippen molar-refractivity contribution in [2.24, 2.45) is 5.16 Å². The number of nitrogen functional groups attached to an aromatic ring is 1. The highest BCUT2D eigenvalue weighted by atomic mass is 32.3. The smallest absolute Gasteiger partial charge is 0.382 e. The largest absolute Gasteiger partial charge is 0.413 e. The summed E-state index contributed by atoms with van der Waals surface area (Å²) in [7, 11) is -4.84. The molecule has 2 unspecified atom stereocenters. The lowest BCUT2D eigenvalue weighted by Crippen LogP contribution is -2.79. The standard InChI is InChI=1S/C13H17N5O7S2/c1-4-5-24-17-8(7-6-26-12(14)15-7)10(19)16-9-11(20)18(13(9,2)3)25-27(21,22)23/h1,6,9,11,20H,5H2,2-3H3,(H2,14,15)(H,16,19)(H,21,22,23)/b17-8-. The molecule has 0 aliphatic carbocycles. The molecule has 0 bridgehead atoms. The van der Waals surface area contributed by atoms with Gasteiger partial charge in [-0.2, -0.15) is 12.7 Å². The molecule has 2 heterocycles. The third kappa shape index (κ3) is 4.71. The molecule has 27 heavy (non-hydrogen) atoms. The molecule has 1 aliphatic heterocycles. The minimum Gasteiger partial charge on any atom is -0.382 e. The molecule has 0 aromatic carbocycles. The zero-order valence-corrected chi connectivity index (χ0v) is 15.8. The lowest BCUT2D eigenvalue weighted by atomic mass is 9.83. The van der Waals surface area contributed by atoms with E-state index >= 15 is 0 Å². The van der Waals surface area contributed by atoms with Crippen molar-refractivity contribution in [2.75, 3.05) is 12.3 Å². The fourth-order valence-electron chi connectivity index (χ4n) is 2.33. The van der Waals surface area contributed by atoms with Gasteiger partial charge < -0.3 is 21.0 Å². The zero-order chi connectivity index (χ0) is 20.4. The number of thiazole rings is 1. The topological polar surface area (TPSA) is 177 Å². The molecule has 1 amide bonds. The average Bonchev–Trinajstić information content (AvgIpc) is 2.99. The molecule has 148 valence electrons. The van der Waals surface area contributed by atoms with Gasteiger partial charge >= 0.3 is 10.4 Å². The summed E-state index contributed by atoms with van der Waals surface area (Å²) in [5.74, 6) is 1.41. The molecular formula is C13H17N5O7S2. The molecule has 1 aliphatic rings. The SMILES string of the molecule is C#CCO/N=C(\C(=O)NC1C(O)N(OS(=O)(=O)O)C1(C)C)c1csc(N)n1. The van der Waals surface area contributed by atoms with Crippen molar-refractivity contribution >= 4 is 38.5 Å². The molecule has 2 rings (SSSR count). The van der Waals surface area contributed by atoms with E-state index in [-0.39, 0.29) is 23.1 Å². The summed E-state index contributed by atoms with van der Waals surface area (Å²) >= 11 is 1.07. The Morgan fingerprint density at radius 3 is 2.78 bits per heavy atom. The van der Waals surface area contributed by atoms with Crippen LogP contribution in [-0.4, -0.2) is 64.2 Å². The summed E-state index contributed by atoms with van der Waals surface area (Å²) in [5, 5.41) is 18.5. The van der Waals surface area contributed by atoms with Gasteiger partial charge in [-0.05, 0) is 13.8 Å². The Labute approximate surface area is 158 Å². The minimum absolute atomic E-state index is 0.129. The summed E-state index contributed by atoms with van der Waals surface area (Å²) in [6.07, 6.45) is 3.51. The zero-order valence-electron chi connectivity index (χ0n) is 14.2. The summed E-state index contributed by atoms with van der Waals surface area (Å²) in [5.41, 5.74) is 4.26. The fraction of sp³-hybridized carbons (Fsp3) is 0.462. The number of nitrogens with zero attached hydrogens (tertiary/aromatic N) is 3. The molecule has 1 saturated heterocycles. The van der Waals surface area contributed by atoms with Crippen molar-refractivity contribution in [1.82, 2.24) is 15.4 Å². The lowest BCUT2D eigenvalue weighted by Gasteiger charge is -2.55. The first kappa shape index (κ1) is 21.0. The van der Waals surface area contributed by atoms with Gasteiger partial charge in [-0.1, -0.05) is 11.1 Å². The normalized spacial score (nSPS) is 22.6. The predicted octanol–water partition coefficient (Wildman–Crippen LogP) is -1.29. The van der Waals surface area contributed by atoms with Gasteiger partial charge in [0.2, 0.25) is 0 Å². The second-order valence-electron chi connectivity index (χ2n) is 5.83. The number of hydrogen-bond acceptors (Lipinski definition) is 11. The highest BCUT2D eigenvalue weighted by Crippen LogP contribution is 2.36. The molecule has 14 heteroatoms. The first-order valence-corrected chi connectivity index (χ1v) is 9.52. The lowest BCUT2D eigenvalue weighted by molar-refractivity contribution is -0.317. The van der Waals surface area contributed by atoms with Crippen LogP contribution < -0.4 is 11.1 Å². The van der Waals surface area contributed by atoms with Gasteiger partial charge in [-0.25, -0.2) is 4.98 Å². The Kier molecular flexibility index (Phi) is 6.04. The van der Waals surface area contributed by atoms with Crippen LogP contribution in [0, 0.1) is 12.3 Å². The van der Waals surface area contributed by atoms with Crippen LogP contribution in [0.5, 0.6) is 0 Å². The van der Waals surface area contributed by atoms with Crippen LogP contribution in [0.2, 0.25) is 0 Å². The van der Waals surface area contributed by atoms with Crippen molar-refractivity contribution in [3.63, 3.8) is 0 Å². The molecule has 12 nitrogen and oxygen atoms in total. The summed E-state index contributed by atoms with van der Waals surface area (Å²) in [4.78, 5) is 21.4. The molecule has 0 radical (unpaired) electrons. The van der Waals surface area contributed by atoms with E-state index in [9.17, 15) is 18.3 Å². The van der Waals surface area contributed by atoms with Crippen molar-refractivity contribution in [1.29, 1.82) is 0 Å². The van der Waals surface area contributed by atoms with Gasteiger partial charge in [0.15, 0.2) is 23.7 Å². The van der Waals surface area contributed by atoms with Crippen molar-refractivity contribution in [3.8, 4) is 12.3 Å². The Morgan fingerprint density at radius 2 is 2.30 bits per heavy atom. The van der Waals surface area contributed by atoms with Crippen molar-refractivity contribution in [3.05, 3.63) is 11.1 Å². The van der Waals surface area contributed by atoms with Crippen LogP contribution in [0.15, 0.2) is 10.5 Å². The van der Waals surface area contributed by atoms with Crippen LogP contribution in [0.25, 0.3) is 0 Å². The highest BCUT2D eigenvalue weighted by molar-refractivity contribution is 7.80. The molecule has 2 atom stereocenters. The third-order valence-electron chi connectivity index (χ3n) is 3.61. The quantitative estimate of drug-likeness (QED) is 0.137. The van der Waals surface area contributed by atoms with Crippen LogP contribution in [-0.2, 0) is 24.3 Å². The van der Waals surface area contributed by atoms with Gasteiger partial charge in [0.05, 0.1) is 11.6 Å². The number of oxime groups is 1. The van der Waals surface area contributed by atoms with Crippen LogP contribution in [0.4, 0.5) is 5.13 Å². The Balaban J connectivity index is 2.18. The summed E-state index contributed by atoms with van der Waals surface area (Å²) in [6, 6.07) is -0.972. The van der Waals surface area contributed by atoms with Gasteiger partial charge in [-0.15, -0.1) is 22.8 Å². The maximum Gasteiger partial charge on any atom is 0.413 e. The number of carbonyl (C=O) groups is 1. The molecular weight excluding hydrogens is 402 g/mol. The monoisotopic (exact) mass is 419 g/mol. The van der Waals surface area contributed by atoms with Crippen molar-refractivity contribution in [2.45, 2.75) is 31.7 Å². The average molecular weight is 419 g/mol. The number of nitrogens with one attached hydrogen (secondary N) is 1. The summed E-state index contributed by atoms with van der Waals surface area (Å²) in [6.45, 7) is 2.76. The highest BCUT2D eigenvalue weighted by Gasteiger charge is 2.58. The van der Waals surface area contributed by atoms with Crippen LogP contribution in [0.3, 0.4) is 0 Å². The Morgan fingerprint density at radius 1 is 1.63 bits per heavy atom. The van der Waals surface area contributed by atoms with E-state index in [0.717, 1.165) is 11.3 Å². The molecule has 1 aromatic rings. The first-order valence-electron chi connectivity index (χ1n) is 7.27. The number of nitrogens with two attached hydrogens (primary N) is 1. The summed E-state index contributed by atoms with van der Waals surface area (Å²) < 4.78 is 34.8. The van der Waals surface area contributed by atoms with E-state index in [1.54, 1.807) is 0 Å². The molecule has 0 saturated carbocycles. The van der Waals surface area contributed by atoms with Gasteiger partial charge in [-0.3, -0.25) is 9.35 Å². The van der Waals surface area contributed by atoms with E-state index in [1.807, 2.05) is 0 Å². The van der Waals surface area contributed by atoms with Crippen LogP contribution >= 0.6 is 11.3 Å². The van der Waals surface area contributed by atoms with E-state index < -0.39 is 34.1 Å². The number of terminal acetylenes is 1. The van der Waals surface area contributed by atoms with E-state index in [2.05, 4.69) is 25.7 Å². The number of anilines is 1. The number of aromatic nitrogens is 1. The second-order valence-corrected chi connectivity index (χ2v) is 7.73. The molecule has 5 N–H and O–H groups in total. The first-order chi connectivity index (χ1) is 12.5. The number of hydroxylamine groups is 2. The Hall–Kier alpha value is -2.28. The number of hydrogen-bond donors (Lipinski definition) is 4. The van der Waals surface area contributed by atoms with E-state index in [1.165, 1.54) is 19.2 Å². The van der Waals surface area contributed by atoms with Gasteiger partial charge in [0.25, 0.3) is 5.91 Å². The number of carbonyl (C=O) groups excluding carboxylic acids is 1. The number of rotatable bonds is 7. The predicted molar refractivity (Wildman–Crippen MR) is 94.3 cm³/mol. The Bertz CT molecular complexity index is 889. The van der Waals surface area contributed by atoms with Gasteiger partial charge in [0, 0.05) is 5.38 Å². The minimum atomic E-state index is -4.84. The van der Waals surface area contributed by atoms with Gasteiger partial charge in [0.1, 0.15) is 5.69 Å². The number of amides is 1. The molecule has 1 fully saturated rings. The second kappa shape index (κ2) is 7.76. The van der Waals surface area contributed by atoms with Crippen molar-refractivity contribution < 1.29 is 32.0 Å². The van der Waals surface area contributed by atoms with Crippen LogP contribution in [0.1, 0.15) is 19.5 Å². The fourth-order valence-corrected chi connectivity index (χ4v) is 3.36. The number of aliphatic hydroxyl groups excluding tert-OH is 1. The molecule has 0 spiro atoms. The van der Waals surface area contributed by atoms with E-state index in [0.29, 0.717) is 5.06 Å². The van der Waals surface area contributed by atoms with E-state index in [4.69, 9.17) is 21.5 Å². The number of aliphatic hydroxyl groups is 1. The molecule has 1 aromatic heterocycles. The maximum absolute atomic E-state index is 12.6. The maximum atomic E-state index is 12.6.